The molecule has 0 amide bonds. The summed E-state index contributed by atoms with van der Waals surface area (Å²) in [5.41, 5.74) is 0.274. The summed E-state index contributed by atoms with van der Waals surface area (Å²) in [6.45, 7) is 0. The highest BCUT2D eigenvalue weighted by molar-refractivity contribution is 7.90. The van der Waals surface area contributed by atoms with E-state index in [1.165, 1.54) is 72.8 Å². The molecule has 1 aliphatic rings. The van der Waals surface area contributed by atoms with Gasteiger partial charge in [0.1, 0.15) is 0 Å². The summed E-state index contributed by atoms with van der Waals surface area (Å²) in [7, 11) is -7.84. The van der Waals surface area contributed by atoms with Gasteiger partial charge in [0.05, 0.1) is 21.2 Å². The van der Waals surface area contributed by atoms with Crippen LogP contribution >= 0.6 is 23.2 Å². The standard InChI is InChI=1S/C18H12Cl2N2O4S2/c19-13-1-9-17(10-2-13)27(23,24)21-15-5-7-16(8-6-15)22-28(25,26)18-11-3-14(20)4-12-18/h1-12H. The van der Waals surface area contributed by atoms with Crippen molar-refractivity contribution in [2.45, 2.75) is 9.79 Å². The van der Waals surface area contributed by atoms with Crippen LogP contribution in [0.4, 0.5) is 0 Å². The second-order valence-corrected chi connectivity index (χ2v) is 9.64. The molecule has 0 unspecified atom stereocenters. The molecule has 0 N–H and O–H groups in total. The van der Waals surface area contributed by atoms with Crippen LogP contribution in [0.2, 0.25) is 10.0 Å². The number of rotatable bonds is 4. The maximum absolute atomic E-state index is 12.3. The molecule has 0 bridgehead atoms. The fraction of sp³-hybridized carbons (Fsp3) is 0. The van der Waals surface area contributed by atoms with Crippen LogP contribution in [-0.2, 0) is 20.0 Å². The molecule has 28 heavy (non-hydrogen) atoms. The molecule has 0 saturated heterocycles. The maximum Gasteiger partial charge on any atom is 0.282 e. The largest absolute Gasteiger partial charge is 0.282 e. The molecule has 0 spiro atoms. The van der Waals surface area contributed by atoms with Crippen molar-refractivity contribution in [3.05, 3.63) is 82.9 Å². The summed E-state index contributed by atoms with van der Waals surface area (Å²) in [5.74, 6) is 0. The molecule has 0 heterocycles. The normalized spacial score (nSPS) is 14.2. The van der Waals surface area contributed by atoms with E-state index in [4.69, 9.17) is 23.2 Å². The third kappa shape index (κ3) is 4.96. The Morgan fingerprint density at radius 1 is 0.536 bits per heavy atom. The van der Waals surface area contributed by atoms with Gasteiger partial charge in [-0.25, -0.2) is 0 Å². The first-order valence-corrected chi connectivity index (χ1v) is 11.4. The van der Waals surface area contributed by atoms with Gasteiger partial charge in [-0.15, -0.1) is 0 Å². The fourth-order valence-electron chi connectivity index (χ4n) is 2.17. The van der Waals surface area contributed by atoms with Crippen LogP contribution in [0.25, 0.3) is 0 Å². The molecular weight excluding hydrogens is 443 g/mol. The highest BCUT2D eigenvalue weighted by Gasteiger charge is 2.16. The molecule has 0 aliphatic heterocycles. The van der Waals surface area contributed by atoms with E-state index >= 15 is 0 Å². The van der Waals surface area contributed by atoms with Crippen LogP contribution in [0.3, 0.4) is 0 Å². The molecule has 2 aromatic carbocycles. The Labute approximate surface area is 172 Å². The van der Waals surface area contributed by atoms with Crippen LogP contribution in [-0.4, -0.2) is 28.3 Å². The van der Waals surface area contributed by atoms with E-state index in [0.29, 0.717) is 10.0 Å². The fourth-order valence-corrected chi connectivity index (χ4v) is 4.39. The number of hydrogen-bond acceptors (Lipinski definition) is 4. The second kappa shape index (κ2) is 8.00. The highest BCUT2D eigenvalue weighted by atomic mass is 35.5. The van der Waals surface area contributed by atoms with Crippen molar-refractivity contribution in [2.75, 3.05) is 0 Å². The van der Waals surface area contributed by atoms with Crippen molar-refractivity contribution in [2.24, 2.45) is 8.80 Å². The van der Waals surface area contributed by atoms with Crippen LogP contribution in [0.5, 0.6) is 0 Å². The molecule has 3 rings (SSSR count). The van der Waals surface area contributed by atoms with Crippen molar-refractivity contribution < 1.29 is 16.8 Å². The van der Waals surface area contributed by atoms with Gasteiger partial charge in [-0.3, -0.25) is 0 Å². The smallest absolute Gasteiger partial charge is 0.199 e. The van der Waals surface area contributed by atoms with Gasteiger partial charge in [-0.05, 0) is 72.8 Å². The van der Waals surface area contributed by atoms with Gasteiger partial charge < -0.3 is 0 Å². The highest BCUT2D eigenvalue weighted by Crippen LogP contribution is 2.18. The Bertz CT molecular complexity index is 1110. The molecule has 0 saturated carbocycles. The van der Waals surface area contributed by atoms with Crippen molar-refractivity contribution in [1.29, 1.82) is 0 Å². The zero-order valence-corrected chi connectivity index (χ0v) is 17.2. The zero-order chi connectivity index (χ0) is 20.4. The lowest BCUT2D eigenvalue weighted by Crippen LogP contribution is -2.07. The molecule has 0 atom stereocenters. The summed E-state index contributed by atoms with van der Waals surface area (Å²) >= 11 is 11.5. The van der Waals surface area contributed by atoms with Gasteiger partial charge in [-0.2, -0.15) is 25.6 Å². The lowest BCUT2D eigenvalue weighted by atomic mass is 10.1. The molecule has 0 radical (unpaired) electrons. The SMILES string of the molecule is O=S(=O)(N=C1C=CC(=NS(=O)(=O)c2ccc(Cl)cc2)C=C1)c1ccc(Cl)cc1. The van der Waals surface area contributed by atoms with E-state index in [0.717, 1.165) is 0 Å². The van der Waals surface area contributed by atoms with Gasteiger partial charge in [0, 0.05) is 10.0 Å². The molecule has 144 valence electrons. The number of nitrogens with zero attached hydrogens (tertiary/aromatic N) is 2. The predicted octanol–water partition coefficient (Wildman–Crippen LogP) is 4.08. The van der Waals surface area contributed by atoms with Crippen LogP contribution in [0, 0.1) is 0 Å². The van der Waals surface area contributed by atoms with E-state index < -0.39 is 20.0 Å². The predicted molar refractivity (Wildman–Crippen MR) is 110 cm³/mol. The lowest BCUT2D eigenvalue weighted by Gasteiger charge is -2.05. The number of benzene rings is 2. The minimum Gasteiger partial charge on any atom is -0.199 e. The van der Waals surface area contributed by atoms with E-state index in [9.17, 15) is 16.8 Å². The summed E-state index contributed by atoms with van der Waals surface area (Å²) in [4.78, 5) is -0.00744. The summed E-state index contributed by atoms with van der Waals surface area (Å²) in [5, 5.41) is 0.818. The molecule has 0 fully saturated rings. The van der Waals surface area contributed by atoms with Crippen molar-refractivity contribution in [1.82, 2.24) is 0 Å². The first kappa shape index (κ1) is 20.5. The zero-order valence-electron chi connectivity index (χ0n) is 14.0. The minimum absolute atomic E-state index is 0.00372. The molecule has 10 heteroatoms. The van der Waals surface area contributed by atoms with Gasteiger partial charge in [0.15, 0.2) is 0 Å². The molecule has 1 aliphatic carbocycles. The first-order chi connectivity index (χ1) is 13.2. The Morgan fingerprint density at radius 2 is 0.821 bits per heavy atom. The summed E-state index contributed by atoms with van der Waals surface area (Å²) < 4.78 is 56.6. The summed E-state index contributed by atoms with van der Waals surface area (Å²) in [6.07, 6.45) is 5.46. The van der Waals surface area contributed by atoms with E-state index in [2.05, 4.69) is 8.80 Å². The second-order valence-electron chi connectivity index (χ2n) is 5.56. The van der Waals surface area contributed by atoms with Gasteiger partial charge in [-0.1, -0.05) is 23.2 Å². The van der Waals surface area contributed by atoms with E-state index in [1.54, 1.807) is 0 Å². The Hall–Kier alpha value is -2.26. The first-order valence-electron chi connectivity index (χ1n) is 7.73. The van der Waals surface area contributed by atoms with Crippen molar-refractivity contribution in [3.8, 4) is 0 Å². The number of sulfonamides is 2. The minimum atomic E-state index is -3.92. The topological polar surface area (TPSA) is 93.0 Å². The van der Waals surface area contributed by atoms with Crippen molar-refractivity contribution >= 4 is 54.7 Å². The van der Waals surface area contributed by atoms with Gasteiger partial charge >= 0.3 is 0 Å². The third-order valence-electron chi connectivity index (χ3n) is 3.52. The van der Waals surface area contributed by atoms with Gasteiger partial charge in [0.2, 0.25) is 0 Å². The average molecular weight is 455 g/mol. The number of hydrogen-bond donors (Lipinski definition) is 0. The Morgan fingerprint density at radius 3 is 1.11 bits per heavy atom. The van der Waals surface area contributed by atoms with Crippen LogP contribution in [0.1, 0.15) is 0 Å². The number of allylic oxidation sites excluding steroid dienone is 4. The molecule has 2 aromatic rings. The van der Waals surface area contributed by atoms with E-state index in [-0.39, 0.29) is 21.2 Å². The average Bonchev–Trinajstić information content (AvgIpc) is 2.64. The lowest BCUT2D eigenvalue weighted by molar-refractivity contribution is 0.596. The van der Waals surface area contributed by atoms with Crippen LogP contribution < -0.4 is 0 Å². The molecule has 6 nitrogen and oxygen atoms in total. The van der Waals surface area contributed by atoms with Crippen LogP contribution in [0.15, 0.2) is 91.4 Å². The summed E-state index contributed by atoms with van der Waals surface area (Å²) in [6, 6.07) is 11.2. The maximum atomic E-state index is 12.3. The Balaban J connectivity index is 1.83. The molecular formula is C18H12Cl2N2O4S2. The third-order valence-corrected chi connectivity index (χ3v) is 6.67. The monoisotopic (exact) mass is 454 g/mol. The Kier molecular flexibility index (Phi) is 5.85. The molecule has 0 aromatic heterocycles. The van der Waals surface area contributed by atoms with Gasteiger partial charge in [0.25, 0.3) is 20.0 Å². The van der Waals surface area contributed by atoms with E-state index in [1.807, 2.05) is 0 Å². The number of halogens is 2. The van der Waals surface area contributed by atoms with Crippen molar-refractivity contribution in [3.63, 3.8) is 0 Å². The quantitative estimate of drug-likeness (QED) is 0.650.